The highest BCUT2D eigenvalue weighted by atomic mass is 31.2. The highest BCUT2D eigenvalue weighted by Crippen LogP contribution is 2.44. The minimum absolute atomic E-state index is 0.0307. The van der Waals surface area contributed by atoms with Gasteiger partial charge >= 0.3 is 11.9 Å². The van der Waals surface area contributed by atoms with Gasteiger partial charge in [-0.05, 0) is 13.3 Å². The molecule has 0 amide bonds. The zero-order valence-electron chi connectivity index (χ0n) is 9.83. The van der Waals surface area contributed by atoms with Gasteiger partial charge in [0, 0.05) is 18.2 Å². The molecule has 0 saturated carbocycles. The second kappa shape index (κ2) is 7.11. The van der Waals surface area contributed by atoms with Crippen LogP contribution in [-0.2, 0) is 18.9 Å². The minimum atomic E-state index is -3.81. The summed E-state index contributed by atoms with van der Waals surface area (Å²) in [6.07, 6.45) is -1.58. The smallest absolute Gasteiger partial charge is 0.307 e. The fourth-order valence-corrected chi connectivity index (χ4v) is 3.36. The van der Waals surface area contributed by atoms with Crippen molar-refractivity contribution < 1.29 is 34.1 Å². The van der Waals surface area contributed by atoms with E-state index >= 15 is 0 Å². The summed E-state index contributed by atoms with van der Waals surface area (Å²) in [5.74, 6) is -2.23. The SMILES string of the molecule is CC(=C=O)CP(=O)(O)CC(CCC(=O)O)C(=O)O. The lowest BCUT2D eigenvalue weighted by atomic mass is 10.1. The van der Waals surface area contributed by atoms with Crippen molar-refractivity contribution in [2.24, 2.45) is 5.92 Å². The van der Waals surface area contributed by atoms with Gasteiger partial charge in [-0.3, -0.25) is 14.2 Å². The molecule has 0 saturated heterocycles. The summed E-state index contributed by atoms with van der Waals surface area (Å²) in [4.78, 5) is 40.9. The second-order valence-electron chi connectivity index (χ2n) is 4.04. The van der Waals surface area contributed by atoms with Gasteiger partial charge < -0.3 is 15.1 Å². The molecule has 0 fully saturated rings. The molecule has 0 aliphatic heterocycles. The molecule has 0 aromatic heterocycles. The molecular weight excluding hydrogens is 263 g/mol. The van der Waals surface area contributed by atoms with E-state index in [4.69, 9.17) is 10.2 Å². The summed E-state index contributed by atoms with van der Waals surface area (Å²) < 4.78 is 11.7. The van der Waals surface area contributed by atoms with E-state index in [1.165, 1.54) is 12.9 Å². The largest absolute Gasteiger partial charge is 0.481 e. The van der Waals surface area contributed by atoms with Crippen molar-refractivity contribution in [3.05, 3.63) is 5.57 Å². The molecule has 0 aliphatic carbocycles. The molecule has 0 bridgehead atoms. The number of carboxylic acids is 2. The highest BCUT2D eigenvalue weighted by Gasteiger charge is 2.29. The summed E-state index contributed by atoms with van der Waals surface area (Å²) in [5, 5.41) is 17.3. The van der Waals surface area contributed by atoms with Crippen LogP contribution in [0.25, 0.3) is 0 Å². The zero-order valence-corrected chi connectivity index (χ0v) is 10.7. The third-order valence-electron chi connectivity index (χ3n) is 2.22. The van der Waals surface area contributed by atoms with Crippen LogP contribution >= 0.6 is 7.37 Å². The van der Waals surface area contributed by atoms with Gasteiger partial charge in [0.25, 0.3) is 0 Å². The first-order valence-electron chi connectivity index (χ1n) is 5.14. The summed E-state index contributed by atoms with van der Waals surface area (Å²) >= 11 is 0. The Labute approximate surface area is 104 Å². The monoisotopic (exact) mass is 278 g/mol. The van der Waals surface area contributed by atoms with E-state index in [0.29, 0.717) is 0 Å². The Bertz CT molecular complexity index is 422. The number of carbonyl (C=O) groups is 2. The number of carboxylic acid groups (broad SMARTS) is 2. The van der Waals surface area contributed by atoms with Crippen LogP contribution in [0.2, 0.25) is 0 Å². The zero-order chi connectivity index (χ0) is 14.3. The number of rotatable bonds is 8. The average molecular weight is 278 g/mol. The number of allylic oxidation sites excluding steroid dienone is 1. The van der Waals surface area contributed by atoms with Crippen molar-refractivity contribution in [1.29, 1.82) is 0 Å². The Hall–Kier alpha value is -1.42. The third-order valence-corrected chi connectivity index (χ3v) is 4.20. The Morgan fingerprint density at radius 2 is 1.89 bits per heavy atom. The topological polar surface area (TPSA) is 129 Å². The summed E-state index contributed by atoms with van der Waals surface area (Å²) in [6.45, 7) is 1.32. The predicted octanol–water partition coefficient (Wildman–Crippen LogP) is 0.600. The molecule has 0 rings (SSSR count). The second-order valence-corrected chi connectivity index (χ2v) is 6.41. The van der Waals surface area contributed by atoms with Gasteiger partial charge in [0.1, 0.15) is 5.94 Å². The van der Waals surface area contributed by atoms with Gasteiger partial charge in [0.15, 0.2) is 0 Å². The Morgan fingerprint density at radius 3 is 2.28 bits per heavy atom. The predicted molar refractivity (Wildman–Crippen MR) is 62.4 cm³/mol. The maximum atomic E-state index is 11.7. The highest BCUT2D eigenvalue weighted by molar-refractivity contribution is 7.58. The molecule has 0 spiro atoms. The van der Waals surface area contributed by atoms with Crippen molar-refractivity contribution in [2.45, 2.75) is 19.8 Å². The molecule has 8 heteroatoms. The molecule has 0 aromatic carbocycles. The van der Waals surface area contributed by atoms with Crippen molar-refractivity contribution in [1.82, 2.24) is 0 Å². The average Bonchev–Trinajstić information content (AvgIpc) is 2.22. The lowest BCUT2D eigenvalue weighted by Gasteiger charge is -2.16. The van der Waals surface area contributed by atoms with Gasteiger partial charge in [-0.2, -0.15) is 0 Å². The van der Waals surface area contributed by atoms with Gasteiger partial charge in [-0.15, -0.1) is 0 Å². The van der Waals surface area contributed by atoms with E-state index < -0.39 is 37.5 Å². The van der Waals surface area contributed by atoms with E-state index in [-0.39, 0.29) is 18.4 Å². The number of hydrogen-bond acceptors (Lipinski definition) is 4. The number of carbonyl (C=O) groups excluding carboxylic acids is 1. The first-order chi connectivity index (χ1) is 8.18. The number of hydrogen-bond donors (Lipinski definition) is 3. The standard InChI is InChI=1S/C10H15O7P/c1-7(4-11)5-18(16,17)6-8(10(14)15)2-3-9(12)13/h8H,2-3,5-6H2,1H3,(H,12,13)(H,14,15)(H,16,17). The molecule has 0 radical (unpaired) electrons. The van der Waals surface area contributed by atoms with E-state index in [0.717, 1.165) is 0 Å². The van der Waals surface area contributed by atoms with Crippen molar-refractivity contribution in [2.75, 3.05) is 12.3 Å². The Balaban J connectivity index is 4.66. The van der Waals surface area contributed by atoms with Crippen molar-refractivity contribution in [3.63, 3.8) is 0 Å². The van der Waals surface area contributed by atoms with Crippen LogP contribution in [0.15, 0.2) is 5.57 Å². The molecule has 7 nitrogen and oxygen atoms in total. The van der Waals surface area contributed by atoms with Gasteiger partial charge in [-0.1, -0.05) is 0 Å². The van der Waals surface area contributed by atoms with E-state index in [2.05, 4.69) is 0 Å². The fourth-order valence-electron chi connectivity index (χ4n) is 1.40. The molecular formula is C10H15O7P. The summed E-state index contributed by atoms with van der Waals surface area (Å²) in [7, 11) is -3.81. The maximum Gasteiger partial charge on any atom is 0.307 e. The van der Waals surface area contributed by atoms with E-state index in [1.807, 2.05) is 0 Å². The first kappa shape index (κ1) is 16.6. The molecule has 2 atom stereocenters. The van der Waals surface area contributed by atoms with Crippen LogP contribution in [0.4, 0.5) is 0 Å². The van der Waals surface area contributed by atoms with E-state index in [1.54, 1.807) is 0 Å². The molecule has 3 N–H and O–H groups in total. The Kier molecular flexibility index (Phi) is 6.55. The third kappa shape index (κ3) is 7.01. The van der Waals surface area contributed by atoms with Crippen LogP contribution < -0.4 is 0 Å². The van der Waals surface area contributed by atoms with Crippen molar-refractivity contribution in [3.8, 4) is 0 Å². The molecule has 0 aliphatic rings. The van der Waals surface area contributed by atoms with Crippen LogP contribution in [0, 0.1) is 5.92 Å². The summed E-state index contributed by atoms with van der Waals surface area (Å²) in [6, 6.07) is 0. The normalized spacial score (nSPS) is 15.2. The summed E-state index contributed by atoms with van der Waals surface area (Å²) in [5.41, 5.74) is 0.0307. The molecule has 18 heavy (non-hydrogen) atoms. The van der Waals surface area contributed by atoms with Crippen LogP contribution in [0.5, 0.6) is 0 Å². The van der Waals surface area contributed by atoms with E-state index in [9.17, 15) is 23.8 Å². The van der Waals surface area contributed by atoms with Crippen LogP contribution in [0.3, 0.4) is 0 Å². The van der Waals surface area contributed by atoms with Gasteiger partial charge in [-0.25, -0.2) is 4.79 Å². The first-order valence-corrected chi connectivity index (χ1v) is 7.17. The quantitative estimate of drug-likeness (QED) is 0.438. The lowest BCUT2D eigenvalue weighted by molar-refractivity contribution is -0.142. The molecule has 102 valence electrons. The van der Waals surface area contributed by atoms with Crippen molar-refractivity contribution >= 4 is 25.2 Å². The number of aliphatic carboxylic acids is 2. The minimum Gasteiger partial charge on any atom is -0.481 e. The molecule has 0 heterocycles. The van der Waals surface area contributed by atoms with Crippen LogP contribution in [0.1, 0.15) is 19.8 Å². The van der Waals surface area contributed by atoms with Gasteiger partial charge in [0.2, 0.25) is 7.37 Å². The van der Waals surface area contributed by atoms with Crippen LogP contribution in [-0.4, -0.2) is 45.3 Å². The molecule has 2 unspecified atom stereocenters. The van der Waals surface area contributed by atoms with Gasteiger partial charge in [0.05, 0.1) is 12.1 Å². The maximum absolute atomic E-state index is 11.7. The Morgan fingerprint density at radius 1 is 1.33 bits per heavy atom. The lowest BCUT2D eigenvalue weighted by Crippen LogP contribution is -2.20. The fraction of sp³-hybridized carbons (Fsp3) is 0.600. The molecule has 0 aromatic rings.